The molecule has 17 bridgehead atoms. The first-order valence-electron chi connectivity index (χ1n) is 41.0. The summed E-state index contributed by atoms with van der Waals surface area (Å²) in [4.78, 5) is 140. The number of phenolic OH excluding ortho intramolecular Hbond substituents is 4. The number of nitrogens with one attached hydrogen (secondary N) is 9. The van der Waals surface area contributed by atoms with Crippen LogP contribution in [0, 0.1) is 5.92 Å². The minimum Gasteiger partial charge on any atom is -0.508 e. The lowest BCUT2D eigenvalue weighted by molar-refractivity contribution is -0.277. The number of hydrogen-bond acceptors (Lipinski definition) is 29. The predicted molar refractivity (Wildman–Crippen MR) is 455 cm³/mol. The number of ether oxygens (including phenoxy) is 7. The maximum absolute atomic E-state index is 16.8. The average molecular weight is 1840 g/mol. The number of benzene rings is 7. The number of unbranched alkanes of at least 4 members (excludes halogenated alkanes) is 4. The minimum atomic E-state index is -2.45. The van der Waals surface area contributed by atoms with E-state index >= 15 is 28.8 Å². The number of carbonyl (C=O) groups is 9. The summed E-state index contributed by atoms with van der Waals surface area (Å²) in [6.07, 6.45) is -16.9. The number of phenols is 4. The lowest BCUT2D eigenvalue weighted by atomic mass is 9.89. The average Bonchev–Trinajstić information content (AvgIpc) is 0.758. The van der Waals surface area contributed by atoms with Crippen molar-refractivity contribution >= 4 is 88.8 Å². The summed E-state index contributed by atoms with van der Waals surface area (Å²) in [5.41, 5.74) is -2.68. The van der Waals surface area contributed by atoms with Crippen LogP contribution < -0.4 is 71.5 Å². The van der Waals surface area contributed by atoms with Crippen molar-refractivity contribution in [1.29, 1.82) is 0 Å². The summed E-state index contributed by atoms with van der Waals surface area (Å²) in [5.74, 6) is -17.5. The zero-order chi connectivity index (χ0) is 91.3. The van der Waals surface area contributed by atoms with Gasteiger partial charge in [0.2, 0.25) is 65.6 Å². The number of aliphatic hydroxyl groups is 7. The molecule has 7 aromatic carbocycles. The van der Waals surface area contributed by atoms with E-state index in [4.69, 9.17) is 56.4 Å². The number of fused-ring (bicyclic) bond motifs is 14. The fourth-order valence-electron chi connectivity index (χ4n) is 15.7. The molecule has 38 nitrogen and oxygen atoms in total. The van der Waals surface area contributed by atoms with Gasteiger partial charge in [-0.25, -0.2) is 4.79 Å². The highest BCUT2D eigenvalue weighted by molar-refractivity contribution is 6.33. The molecule has 41 heteroatoms. The van der Waals surface area contributed by atoms with E-state index in [1.807, 2.05) is 0 Å². The largest absolute Gasteiger partial charge is 0.508 e. The van der Waals surface area contributed by atoms with Crippen molar-refractivity contribution in [3.63, 3.8) is 0 Å². The monoisotopic (exact) mass is 1840 g/mol. The fourth-order valence-corrected chi connectivity index (χ4v) is 16.2. The Morgan fingerprint density at radius 3 is 1.91 bits per heavy atom. The first kappa shape index (κ1) is 95.5. The van der Waals surface area contributed by atoms with E-state index in [9.17, 15) is 75.7 Å². The van der Waals surface area contributed by atoms with Crippen molar-refractivity contribution in [3.8, 4) is 80.1 Å². The van der Waals surface area contributed by atoms with Crippen molar-refractivity contribution in [2.75, 3.05) is 40.8 Å². The Morgan fingerprint density at radius 1 is 0.570 bits per heavy atom. The van der Waals surface area contributed by atoms with Crippen LogP contribution in [0.4, 0.5) is 0 Å². The highest BCUT2D eigenvalue weighted by Gasteiger charge is 2.52. The topological polar surface area (TPSA) is 573 Å². The Labute approximate surface area is 747 Å². The molecule has 21 N–H and O–H groups in total. The van der Waals surface area contributed by atoms with Gasteiger partial charge in [-0.05, 0) is 153 Å². The number of aromatic hydroxyl groups is 4. The molecule has 0 spiro atoms. The van der Waals surface area contributed by atoms with Gasteiger partial charge in [0, 0.05) is 48.2 Å². The molecule has 7 aromatic rings. The molecule has 2 fully saturated rings. The number of carboxylic acids is 1. The van der Waals surface area contributed by atoms with Gasteiger partial charge < -0.3 is 147 Å². The quantitative estimate of drug-likeness (QED) is 0.0448. The van der Waals surface area contributed by atoms with E-state index in [1.165, 1.54) is 49.5 Å². The third kappa shape index (κ3) is 21.4. The normalized spacial score (nSPS) is 25.8. The molecule has 18 atom stereocenters. The number of halogens is 3. The van der Waals surface area contributed by atoms with Gasteiger partial charge in [0.25, 0.3) is 0 Å². The number of nitrogens with zero attached hydrogens (tertiary/aromatic N) is 1. The maximum atomic E-state index is 16.8. The van der Waals surface area contributed by atoms with Crippen LogP contribution in [0.25, 0.3) is 11.1 Å². The number of aliphatic hydroxyl groups excluding tert-OH is 7. The number of rotatable bonds is 21. The standard InChI is InChI=1S/C87H98Cl2N10O28.ClH/c1-37(2)12-9-7-6-8-10-13-60(105)93-69-72(108)74(110)77(85(119)120)127-86(69)126-76-57-30-42-31-58(76)123-54-23-18-41(28-49(54)88)70(106)68-84(118)97-66(79(113)91-24-11-25-99(4)5)47-32-43(101)33-56(124-87-75(111)73(109)71(107)59(36-100)125-87)61(47)46-27-39(16-21-51(46)102)64(81(115)98-68)94-82(116)65(42)95-83(117)67-48-34-45(35-53(104)62(48)89)122-55-29-40(17-22-52(55)103)63(90-3)80(114)92-50(78(112)96-67)26-38-14-19-44(121-57)20-15-38;/h14-23,27-35,37,50,59,63-75,77,86-87,90,100-104,106-111H,6-13,24-26,36H2,1-5H3,(H,91,113)(H,92,114)(H,93,105)(H,94,116)(H,95,117)(H,96,112)(H,97,118)(H,98,115)(H,119,120);1H/t50-,59-,63-,64-,65-,66+,67+,68+,69-,70-,71-,72-,73+,74+,75+,77+,86-,87+;/m1./s1. The molecule has 0 aliphatic carbocycles. The number of carboxylic acid groups (broad SMARTS) is 1. The third-order valence-electron chi connectivity index (χ3n) is 22.5. The third-order valence-corrected chi connectivity index (χ3v) is 23.2. The number of aliphatic carboxylic acids is 1. The van der Waals surface area contributed by atoms with Crippen LogP contribution in [0.15, 0.2) is 115 Å². The molecule has 686 valence electrons. The van der Waals surface area contributed by atoms with Gasteiger partial charge in [-0.2, -0.15) is 0 Å². The molecule has 8 aliphatic heterocycles. The smallest absolute Gasteiger partial charge is 0.335 e. The van der Waals surface area contributed by atoms with Crippen LogP contribution in [0.2, 0.25) is 10.0 Å². The second-order valence-corrected chi connectivity index (χ2v) is 33.1. The summed E-state index contributed by atoms with van der Waals surface area (Å²) >= 11 is 14.3. The van der Waals surface area contributed by atoms with Gasteiger partial charge in [-0.15, -0.1) is 12.4 Å². The highest BCUT2D eigenvalue weighted by Crippen LogP contribution is 2.51. The van der Waals surface area contributed by atoms with E-state index in [2.05, 4.69) is 61.7 Å². The summed E-state index contributed by atoms with van der Waals surface area (Å²) < 4.78 is 44.5. The Morgan fingerprint density at radius 2 is 1.22 bits per heavy atom. The molecule has 0 aromatic heterocycles. The maximum Gasteiger partial charge on any atom is 0.335 e. The molecule has 0 radical (unpaired) electrons. The Balaban J connectivity index is 0.0000149. The highest BCUT2D eigenvalue weighted by atomic mass is 35.5. The van der Waals surface area contributed by atoms with Gasteiger partial charge in [0.15, 0.2) is 29.1 Å². The van der Waals surface area contributed by atoms with Crippen molar-refractivity contribution < 1.29 is 138 Å². The van der Waals surface area contributed by atoms with Crippen LogP contribution in [-0.4, -0.2) is 234 Å². The first-order chi connectivity index (χ1) is 60.6. The van der Waals surface area contributed by atoms with Gasteiger partial charge in [-0.3, -0.25) is 38.4 Å². The van der Waals surface area contributed by atoms with Crippen molar-refractivity contribution in [2.24, 2.45) is 5.92 Å². The molecule has 8 heterocycles. The predicted octanol–water partition coefficient (Wildman–Crippen LogP) is 4.20. The lowest BCUT2D eigenvalue weighted by Gasteiger charge is -2.41. The molecule has 8 aliphatic rings. The molecule has 0 unspecified atom stereocenters. The van der Waals surface area contributed by atoms with Gasteiger partial charge in [-0.1, -0.05) is 99.5 Å². The van der Waals surface area contributed by atoms with Gasteiger partial charge >= 0.3 is 5.97 Å². The summed E-state index contributed by atoms with van der Waals surface area (Å²) in [6, 6.07) is 5.66. The van der Waals surface area contributed by atoms with Crippen molar-refractivity contribution in [1.82, 2.24) is 52.8 Å². The van der Waals surface area contributed by atoms with E-state index in [0.717, 1.165) is 98.5 Å². The van der Waals surface area contributed by atoms with Crippen LogP contribution in [0.1, 0.15) is 140 Å². The number of hydrogen-bond donors (Lipinski definition) is 21. The van der Waals surface area contributed by atoms with Crippen LogP contribution in [0.3, 0.4) is 0 Å². The zero-order valence-electron chi connectivity index (χ0n) is 69.4. The number of likely N-dealkylation sites (N-methyl/N-ethyl adjacent to an activating group) is 1. The van der Waals surface area contributed by atoms with Crippen LogP contribution in [0.5, 0.6) is 69.0 Å². The van der Waals surface area contributed by atoms with E-state index in [-0.39, 0.29) is 60.2 Å². The van der Waals surface area contributed by atoms with Crippen LogP contribution in [-0.2, 0) is 59.0 Å². The second kappa shape index (κ2) is 41.2. The van der Waals surface area contributed by atoms with E-state index in [0.29, 0.717) is 30.9 Å². The zero-order valence-corrected chi connectivity index (χ0v) is 71.8. The fraction of sp³-hybridized carbons (Fsp3) is 0.414. The Hall–Kier alpha value is -11.6. The second-order valence-electron chi connectivity index (χ2n) is 32.3. The van der Waals surface area contributed by atoms with Crippen molar-refractivity contribution in [2.45, 2.75) is 181 Å². The first-order valence-corrected chi connectivity index (χ1v) is 41.8. The molecular formula is C87H99Cl3N10O28. The Kier molecular flexibility index (Phi) is 30.8. The molecule has 8 amide bonds. The number of amides is 8. The Bertz CT molecular complexity index is 5330. The molecule has 2 saturated heterocycles. The number of carbonyl (C=O) groups excluding carboxylic acids is 8. The summed E-state index contributed by atoms with van der Waals surface area (Å²) in [7, 11) is 4.95. The summed E-state index contributed by atoms with van der Waals surface area (Å²) in [5, 5.41) is 161. The molecular weight excluding hydrogens is 1740 g/mol. The molecule has 15 rings (SSSR count). The molecule has 128 heavy (non-hydrogen) atoms. The van der Waals surface area contributed by atoms with Gasteiger partial charge in [0.1, 0.15) is 131 Å². The molecule has 0 saturated carbocycles. The van der Waals surface area contributed by atoms with Crippen molar-refractivity contribution in [3.05, 3.63) is 164 Å². The lowest BCUT2D eigenvalue weighted by Crippen LogP contribution is -2.66. The van der Waals surface area contributed by atoms with E-state index < -0.39 is 271 Å². The van der Waals surface area contributed by atoms with Crippen LogP contribution >= 0.6 is 35.6 Å². The summed E-state index contributed by atoms with van der Waals surface area (Å²) in [6.45, 7) is 3.56. The van der Waals surface area contributed by atoms with E-state index in [1.54, 1.807) is 19.0 Å². The minimum absolute atomic E-state index is 0. The SMILES string of the molecule is CN[C@H]1C(=O)N[C@@H]2Cc3ccc(cc3)Oc3cc4cc(c3O[C@@H]3O[C@H](C(=O)O)[C@@H](O)[C@H](O)[C@H]3NC(=O)CCCCCCCC(C)C)Oc3ccc(cc3Cl)[C@@H](O)[C@@H]3NC(=O)[C@H](NC(=O)[C@@H]4NC(=O)[C@@H](NC2=O)c2cc(cc(O)c2Cl)Oc2cc1ccc2O)c1ccc(O)c(c1)-c1c(O[C@H]2O[C@H](CO)[C@@H](O)[C@H](O)[C@@H]2O)cc(O)cc1[C@@H](C(=O)NCCCN(C)C)NC3=O.Cl. The van der Waals surface area contributed by atoms with Gasteiger partial charge in [0.05, 0.1) is 16.7 Å².